The summed E-state index contributed by atoms with van der Waals surface area (Å²) in [6.07, 6.45) is 11.0. The van der Waals surface area contributed by atoms with E-state index in [-0.39, 0.29) is 5.75 Å². The van der Waals surface area contributed by atoms with E-state index < -0.39 is 5.79 Å². The lowest BCUT2D eigenvalue weighted by Crippen LogP contribution is -2.30. The van der Waals surface area contributed by atoms with Crippen LogP contribution < -0.4 is 0 Å². The van der Waals surface area contributed by atoms with Crippen LogP contribution in [-0.4, -0.2) is 19.3 Å². The first kappa shape index (κ1) is 19.0. The zero-order valence-corrected chi connectivity index (χ0v) is 14.4. The minimum absolute atomic E-state index is 0.242. The summed E-state index contributed by atoms with van der Waals surface area (Å²) < 4.78 is 11.3. The molecular formula is C19H32O3. The average Bonchev–Trinajstić information content (AvgIpc) is 2.54. The second-order valence-electron chi connectivity index (χ2n) is 5.94. The summed E-state index contributed by atoms with van der Waals surface area (Å²) in [5.41, 5.74) is 0.875. The number of hydrogen-bond acceptors (Lipinski definition) is 3. The quantitative estimate of drug-likeness (QED) is 0.417. The van der Waals surface area contributed by atoms with Gasteiger partial charge in [-0.25, -0.2) is 0 Å². The summed E-state index contributed by atoms with van der Waals surface area (Å²) >= 11 is 0. The molecule has 0 bridgehead atoms. The fourth-order valence-corrected chi connectivity index (χ4v) is 2.90. The van der Waals surface area contributed by atoms with Gasteiger partial charge in [-0.2, -0.15) is 0 Å². The molecule has 3 nitrogen and oxygen atoms in total. The SMILES string of the molecule is CCCCCCCCCCC(OC)(OC)c1cccc(O)c1. The van der Waals surface area contributed by atoms with E-state index in [4.69, 9.17) is 9.47 Å². The van der Waals surface area contributed by atoms with Gasteiger partial charge in [0.1, 0.15) is 5.75 Å². The molecule has 0 aromatic heterocycles. The third kappa shape index (κ3) is 5.98. The maximum Gasteiger partial charge on any atom is 0.194 e. The van der Waals surface area contributed by atoms with Gasteiger partial charge in [0.15, 0.2) is 5.79 Å². The minimum atomic E-state index is -0.749. The van der Waals surface area contributed by atoms with E-state index in [1.54, 1.807) is 26.4 Å². The normalized spacial score (nSPS) is 11.8. The first-order valence-electron chi connectivity index (χ1n) is 8.58. The third-order valence-corrected chi connectivity index (χ3v) is 4.30. The van der Waals surface area contributed by atoms with Gasteiger partial charge in [-0.1, -0.05) is 64.0 Å². The van der Waals surface area contributed by atoms with Crippen LogP contribution in [0.3, 0.4) is 0 Å². The molecule has 0 fully saturated rings. The van der Waals surface area contributed by atoms with Gasteiger partial charge in [-0.05, 0) is 18.6 Å². The summed E-state index contributed by atoms with van der Waals surface area (Å²) in [6, 6.07) is 7.15. The number of methoxy groups -OCH3 is 2. The van der Waals surface area contributed by atoms with Crippen molar-refractivity contribution in [2.45, 2.75) is 70.5 Å². The Balaban J connectivity index is 2.41. The van der Waals surface area contributed by atoms with Crippen LogP contribution in [0.25, 0.3) is 0 Å². The van der Waals surface area contributed by atoms with Gasteiger partial charge in [-0.3, -0.25) is 0 Å². The molecule has 0 saturated carbocycles. The Morgan fingerprint density at radius 2 is 1.50 bits per heavy atom. The number of phenolic OH excluding ortho intramolecular Hbond substituents is 1. The zero-order valence-electron chi connectivity index (χ0n) is 14.4. The Labute approximate surface area is 135 Å². The molecule has 0 unspecified atom stereocenters. The second-order valence-corrected chi connectivity index (χ2v) is 5.94. The first-order valence-corrected chi connectivity index (χ1v) is 8.58. The van der Waals surface area contributed by atoms with Gasteiger partial charge in [0.2, 0.25) is 0 Å². The molecule has 0 radical (unpaired) electrons. The fraction of sp³-hybridized carbons (Fsp3) is 0.684. The predicted octanol–water partition coefficient (Wildman–Crippen LogP) is 5.37. The lowest BCUT2D eigenvalue weighted by molar-refractivity contribution is -0.221. The molecule has 0 aliphatic heterocycles. The average molecular weight is 308 g/mol. The van der Waals surface area contributed by atoms with E-state index in [0.29, 0.717) is 0 Å². The highest BCUT2D eigenvalue weighted by Crippen LogP contribution is 2.33. The van der Waals surface area contributed by atoms with Gasteiger partial charge >= 0.3 is 0 Å². The minimum Gasteiger partial charge on any atom is -0.508 e. The van der Waals surface area contributed by atoms with Crippen molar-refractivity contribution in [3.05, 3.63) is 29.8 Å². The third-order valence-electron chi connectivity index (χ3n) is 4.30. The predicted molar refractivity (Wildman–Crippen MR) is 91.0 cm³/mol. The largest absolute Gasteiger partial charge is 0.508 e. The number of rotatable bonds is 12. The molecule has 1 aromatic rings. The topological polar surface area (TPSA) is 38.7 Å². The molecule has 3 heteroatoms. The smallest absolute Gasteiger partial charge is 0.194 e. The number of benzene rings is 1. The van der Waals surface area contributed by atoms with Crippen molar-refractivity contribution in [1.29, 1.82) is 0 Å². The van der Waals surface area contributed by atoms with Crippen molar-refractivity contribution >= 4 is 0 Å². The molecule has 126 valence electrons. The van der Waals surface area contributed by atoms with Crippen LogP contribution in [0, 0.1) is 0 Å². The Bertz CT molecular complexity index is 399. The summed E-state index contributed by atoms with van der Waals surface area (Å²) in [6.45, 7) is 2.25. The lowest BCUT2D eigenvalue weighted by Gasteiger charge is -2.31. The molecule has 0 atom stereocenters. The summed E-state index contributed by atoms with van der Waals surface area (Å²) in [5.74, 6) is -0.507. The molecular weight excluding hydrogens is 276 g/mol. The van der Waals surface area contributed by atoms with Crippen LogP contribution in [0.5, 0.6) is 5.75 Å². The van der Waals surface area contributed by atoms with Crippen molar-refractivity contribution in [3.63, 3.8) is 0 Å². The lowest BCUT2D eigenvalue weighted by atomic mass is 9.97. The number of hydrogen-bond donors (Lipinski definition) is 1. The van der Waals surface area contributed by atoms with E-state index in [2.05, 4.69) is 6.92 Å². The second kappa shape index (κ2) is 10.6. The first-order chi connectivity index (χ1) is 10.7. The van der Waals surface area contributed by atoms with Crippen LogP contribution in [0.2, 0.25) is 0 Å². The van der Waals surface area contributed by atoms with Crippen LogP contribution in [0.15, 0.2) is 24.3 Å². The summed E-state index contributed by atoms with van der Waals surface area (Å²) in [4.78, 5) is 0. The molecule has 0 aliphatic carbocycles. The molecule has 0 aliphatic rings. The van der Waals surface area contributed by atoms with E-state index in [1.165, 1.54) is 44.9 Å². The standard InChI is InChI=1S/C19H32O3/c1-4-5-6-7-8-9-10-11-15-19(21-2,22-3)17-13-12-14-18(20)16-17/h12-14,16,20H,4-11,15H2,1-3H3. The van der Waals surface area contributed by atoms with Crippen molar-refractivity contribution in [2.75, 3.05) is 14.2 Å². The Hall–Kier alpha value is -1.06. The molecule has 0 saturated heterocycles. The highest BCUT2D eigenvalue weighted by Gasteiger charge is 2.31. The Morgan fingerprint density at radius 3 is 2.05 bits per heavy atom. The Morgan fingerprint density at radius 1 is 0.909 bits per heavy atom. The monoisotopic (exact) mass is 308 g/mol. The zero-order chi connectivity index (χ0) is 16.3. The number of unbranched alkanes of at least 4 members (excludes halogenated alkanes) is 7. The van der Waals surface area contributed by atoms with E-state index in [1.807, 2.05) is 12.1 Å². The van der Waals surface area contributed by atoms with Crippen molar-refractivity contribution in [3.8, 4) is 5.75 Å². The highest BCUT2D eigenvalue weighted by atomic mass is 16.7. The van der Waals surface area contributed by atoms with Crippen molar-refractivity contribution in [2.24, 2.45) is 0 Å². The molecule has 0 spiro atoms. The molecule has 1 rings (SSSR count). The number of ether oxygens (including phenoxy) is 2. The number of aromatic hydroxyl groups is 1. The molecule has 1 aromatic carbocycles. The molecule has 22 heavy (non-hydrogen) atoms. The van der Waals surface area contributed by atoms with Gasteiger partial charge in [0, 0.05) is 26.2 Å². The summed E-state index contributed by atoms with van der Waals surface area (Å²) in [7, 11) is 3.33. The van der Waals surface area contributed by atoms with Crippen LogP contribution >= 0.6 is 0 Å². The van der Waals surface area contributed by atoms with E-state index >= 15 is 0 Å². The van der Waals surface area contributed by atoms with Gasteiger partial charge in [0.05, 0.1) is 0 Å². The van der Waals surface area contributed by atoms with E-state index in [9.17, 15) is 5.11 Å². The van der Waals surface area contributed by atoms with Crippen molar-refractivity contribution in [1.82, 2.24) is 0 Å². The van der Waals surface area contributed by atoms with Gasteiger partial charge < -0.3 is 14.6 Å². The molecule has 0 amide bonds. The van der Waals surface area contributed by atoms with Crippen LogP contribution in [0.4, 0.5) is 0 Å². The fourth-order valence-electron chi connectivity index (χ4n) is 2.90. The van der Waals surface area contributed by atoms with Crippen LogP contribution in [-0.2, 0) is 15.3 Å². The molecule has 0 heterocycles. The van der Waals surface area contributed by atoms with E-state index in [0.717, 1.165) is 18.4 Å². The maximum atomic E-state index is 9.67. The van der Waals surface area contributed by atoms with Crippen molar-refractivity contribution < 1.29 is 14.6 Å². The highest BCUT2D eigenvalue weighted by molar-refractivity contribution is 5.30. The maximum absolute atomic E-state index is 9.67. The van der Waals surface area contributed by atoms with Gasteiger partial charge in [-0.15, -0.1) is 0 Å². The Kier molecular flexibility index (Phi) is 9.17. The summed E-state index contributed by atoms with van der Waals surface area (Å²) in [5, 5.41) is 9.67. The van der Waals surface area contributed by atoms with Crippen LogP contribution in [0.1, 0.15) is 70.3 Å². The van der Waals surface area contributed by atoms with Gasteiger partial charge in [0.25, 0.3) is 0 Å². The number of phenols is 1. The molecule has 1 N–H and O–H groups in total.